The molecule has 0 fully saturated rings. The zero-order chi connectivity index (χ0) is 16.5. The van der Waals surface area contributed by atoms with Crippen LogP contribution in [0.25, 0.3) is 0 Å². The fraction of sp³-hybridized carbons (Fsp3) is 0.154. The van der Waals surface area contributed by atoms with Crippen molar-refractivity contribution in [2.45, 2.75) is 6.92 Å². The van der Waals surface area contributed by atoms with Gasteiger partial charge in [-0.15, -0.1) is 0 Å². The Hall–Kier alpha value is -3.23. The molecule has 2 amide bonds. The molecule has 9 heteroatoms. The number of carbonyl (C=O) groups excluding carboxylic acids is 3. The number of benzene rings is 1. The van der Waals surface area contributed by atoms with Crippen molar-refractivity contribution in [1.82, 2.24) is 10.9 Å². The standard InChI is InChI=1S/C13H13N3O6/c1-2-4-12(18)22-8-11(17)14-15-13(19)9-5-3-6-10(7-9)16(20)21/h2-7H,8H2,1H3,(H,14,17)(H,15,19)/b4-2+. The topological polar surface area (TPSA) is 128 Å². The summed E-state index contributed by atoms with van der Waals surface area (Å²) in [5.74, 6) is -2.18. The van der Waals surface area contributed by atoms with Crippen molar-refractivity contribution in [1.29, 1.82) is 0 Å². The molecule has 0 heterocycles. The van der Waals surface area contributed by atoms with Crippen LogP contribution in [0.15, 0.2) is 36.4 Å². The lowest BCUT2D eigenvalue weighted by molar-refractivity contribution is -0.384. The van der Waals surface area contributed by atoms with Crippen LogP contribution in [0.1, 0.15) is 17.3 Å². The summed E-state index contributed by atoms with van der Waals surface area (Å²) in [6.07, 6.45) is 2.58. The third-order valence-electron chi connectivity index (χ3n) is 2.28. The van der Waals surface area contributed by atoms with Gasteiger partial charge in [0.05, 0.1) is 4.92 Å². The predicted molar refractivity (Wildman–Crippen MR) is 74.5 cm³/mol. The Morgan fingerprint density at radius 1 is 1.32 bits per heavy atom. The number of ether oxygens (including phenoxy) is 1. The van der Waals surface area contributed by atoms with Crippen molar-refractivity contribution in [2.24, 2.45) is 0 Å². The number of nitro benzene ring substituents is 1. The maximum absolute atomic E-state index is 11.7. The first-order valence-corrected chi connectivity index (χ1v) is 6.07. The van der Waals surface area contributed by atoms with E-state index in [1.54, 1.807) is 6.92 Å². The molecule has 1 rings (SSSR count). The fourth-order valence-electron chi connectivity index (χ4n) is 1.32. The number of carbonyl (C=O) groups is 3. The minimum Gasteiger partial charge on any atom is -0.452 e. The molecule has 0 aliphatic rings. The van der Waals surface area contributed by atoms with Crippen molar-refractivity contribution >= 4 is 23.5 Å². The van der Waals surface area contributed by atoms with Crippen LogP contribution < -0.4 is 10.9 Å². The Kier molecular flexibility index (Phi) is 6.23. The highest BCUT2D eigenvalue weighted by molar-refractivity contribution is 5.96. The number of allylic oxidation sites excluding steroid dienone is 1. The smallest absolute Gasteiger partial charge is 0.330 e. The molecular weight excluding hydrogens is 294 g/mol. The van der Waals surface area contributed by atoms with Crippen LogP contribution in [0, 0.1) is 10.1 Å². The molecule has 22 heavy (non-hydrogen) atoms. The zero-order valence-corrected chi connectivity index (χ0v) is 11.6. The van der Waals surface area contributed by atoms with E-state index in [2.05, 4.69) is 10.2 Å². The zero-order valence-electron chi connectivity index (χ0n) is 11.6. The van der Waals surface area contributed by atoms with Gasteiger partial charge >= 0.3 is 5.97 Å². The number of hydrazine groups is 1. The molecule has 0 spiro atoms. The van der Waals surface area contributed by atoms with Gasteiger partial charge in [-0.3, -0.25) is 30.6 Å². The van der Waals surface area contributed by atoms with Crippen LogP contribution in [0.5, 0.6) is 0 Å². The summed E-state index contributed by atoms with van der Waals surface area (Å²) in [6.45, 7) is 1.04. The number of hydrogen-bond acceptors (Lipinski definition) is 6. The Bertz CT molecular complexity index is 626. The van der Waals surface area contributed by atoms with Gasteiger partial charge in [-0.1, -0.05) is 12.1 Å². The van der Waals surface area contributed by atoms with E-state index < -0.39 is 29.3 Å². The van der Waals surface area contributed by atoms with E-state index in [1.165, 1.54) is 24.3 Å². The van der Waals surface area contributed by atoms with E-state index >= 15 is 0 Å². The number of rotatable bonds is 5. The van der Waals surface area contributed by atoms with Gasteiger partial charge in [0.1, 0.15) is 0 Å². The first-order chi connectivity index (χ1) is 10.4. The maximum atomic E-state index is 11.7. The number of nitrogens with one attached hydrogen (secondary N) is 2. The average Bonchev–Trinajstić information content (AvgIpc) is 2.51. The van der Waals surface area contributed by atoms with Crippen molar-refractivity contribution < 1.29 is 24.0 Å². The molecule has 0 saturated heterocycles. The summed E-state index contributed by atoms with van der Waals surface area (Å²) in [5, 5.41) is 10.6. The monoisotopic (exact) mass is 307 g/mol. The highest BCUT2D eigenvalue weighted by Crippen LogP contribution is 2.12. The SMILES string of the molecule is C/C=C/C(=O)OCC(=O)NNC(=O)c1cccc([N+](=O)[O-])c1. The summed E-state index contributed by atoms with van der Waals surface area (Å²) < 4.78 is 4.55. The second-order valence-corrected chi connectivity index (χ2v) is 3.92. The molecule has 1 aromatic rings. The number of amides is 2. The lowest BCUT2D eigenvalue weighted by Gasteiger charge is -2.07. The molecule has 9 nitrogen and oxygen atoms in total. The quantitative estimate of drug-likeness (QED) is 0.352. The van der Waals surface area contributed by atoms with Gasteiger partial charge in [0.15, 0.2) is 6.61 Å². The van der Waals surface area contributed by atoms with Crippen LogP contribution in [0.4, 0.5) is 5.69 Å². The largest absolute Gasteiger partial charge is 0.452 e. The number of esters is 1. The van der Waals surface area contributed by atoms with E-state index in [4.69, 9.17) is 0 Å². The number of nitro groups is 1. The summed E-state index contributed by atoms with van der Waals surface area (Å²) in [7, 11) is 0. The van der Waals surface area contributed by atoms with E-state index in [0.29, 0.717) is 0 Å². The van der Waals surface area contributed by atoms with Crippen LogP contribution >= 0.6 is 0 Å². The molecule has 0 aliphatic heterocycles. The summed E-state index contributed by atoms with van der Waals surface area (Å²) in [6, 6.07) is 4.98. The lowest BCUT2D eigenvalue weighted by atomic mass is 10.2. The normalized spacial score (nSPS) is 10.0. The van der Waals surface area contributed by atoms with E-state index in [0.717, 1.165) is 12.1 Å². The number of hydrogen-bond donors (Lipinski definition) is 2. The molecule has 0 unspecified atom stereocenters. The van der Waals surface area contributed by atoms with Crippen LogP contribution in [-0.2, 0) is 14.3 Å². The summed E-state index contributed by atoms with van der Waals surface area (Å²) in [4.78, 5) is 43.9. The second kappa shape index (κ2) is 8.15. The third-order valence-corrected chi connectivity index (χ3v) is 2.28. The van der Waals surface area contributed by atoms with Crippen molar-refractivity contribution in [2.75, 3.05) is 6.61 Å². The molecule has 0 aliphatic carbocycles. The van der Waals surface area contributed by atoms with Crippen LogP contribution in [0.3, 0.4) is 0 Å². The molecule has 2 N–H and O–H groups in total. The molecule has 1 aromatic carbocycles. The van der Waals surface area contributed by atoms with Gasteiger partial charge in [0.2, 0.25) is 0 Å². The Morgan fingerprint density at radius 2 is 2.05 bits per heavy atom. The summed E-state index contributed by atoms with van der Waals surface area (Å²) >= 11 is 0. The molecule has 0 bridgehead atoms. The van der Waals surface area contributed by atoms with Gasteiger partial charge in [-0.25, -0.2) is 4.79 Å². The Morgan fingerprint density at radius 3 is 2.68 bits per heavy atom. The third kappa shape index (κ3) is 5.41. The van der Waals surface area contributed by atoms with Crippen molar-refractivity contribution in [3.05, 3.63) is 52.1 Å². The highest BCUT2D eigenvalue weighted by atomic mass is 16.6. The number of nitrogens with zero attached hydrogens (tertiary/aromatic N) is 1. The first kappa shape index (κ1) is 16.8. The fourth-order valence-corrected chi connectivity index (χ4v) is 1.32. The molecule has 116 valence electrons. The van der Waals surface area contributed by atoms with Crippen molar-refractivity contribution in [3.63, 3.8) is 0 Å². The maximum Gasteiger partial charge on any atom is 0.330 e. The molecule has 0 atom stereocenters. The Balaban J connectivity index is 2.49. The van der Waals surface area contributed by atoms with Crippen LogP contribution in [0.2, 0.25) is 0 Å². The Labute approximate surface area is 125 Å². The van der Waals surface area contributed by atoms with Gasteiger partial charge < -0.3 is 4.74 Å². The summed E-state index contributed by atoms with van der Waals surface area (Å²) in [5.41, 5.74) is 3.82. The van der Waals surface area contributed by atoms with Gasteiger partial charge in [-0.05, 0) is 13.0 Å². The molecule has 0 aromatic heterocycles. The first-order valence-electron chi connectivity index (χ1n) is 6.07. The average molecular weight is 307 g/mol. The van der Waals surface area contributed by atoms with Gasteiger partial charge in [0.25, 0.3) is 17.5 Å². The second-order valence-electron chi connectivity index (χ2n) is 3.92. The van der Waals surface area contributed by atoms with Gasteiger partial charge in [0, 0.05) is 23.8 Å². The predicted octanol–water partition coefficient (Wildman–Crippen LogP) is 0.475. The minimum absolute atomic E-state index is 0.000381. The van der Waals surface area contributed by atoms with E-state index in [1.807, 2.05) is 5.43 Å². The van der Waals surface area contributed by atoms with E-state index in [-0.39, 0.29) is 11.3 Å². The molecule has 0 radical (unpaired) electrons. The lowest BCUT2D eigenvalue weighted by Crippen LogP contribution is -2.43. The molecule has 0 saturated carbocycles. The van der Waals surface area contributed by atoms with Crippen molar-refractivity contribution in [3.8, 4) is 0 Å². The van der Waals surface area contributed by atoms with E-state index in [9.17, 15) is 24.5 Å². The number of non-ortho nitro benzene ring substituents is 1. The van der Waals surface area contributed by atoms with Crippen LogP contribution in [-0.4, -0.2) is 29.3 Å². The highest BCUT2D eigenvalue weighted by Gasteiger charge is 2.12. The van der Waals surface area contributed by atoms with Gasteiger partial charge in [-0.2, -0.15) is 0 Å². The molecular formula is C13H13N3O6. The minimum atomic E-state index is -0.753.